The monoisotopic (exact) mass is 694 g/mol. The van der Waals surface area contributed by atoms with Gasteiger partial charge in [-0.25, -0.2) is 4.79 Å². The molecule has 0 aromatic rings. The number of rotatable bonds is 8. The van der Waals surface area contributed by atoms with E-state index in [-0.39, 0.29) is 43.3 Å². The normalized spacial score (nSPS) is 40.8. The lowest BCUT2D eigenvalue weighted by Gasteiger charge is -2.48. The molecule has 0 unspecified atom stereocenters. The number of fused-ring (bicyclic) bond motifs is 1. The number of carbonyl (C=O) groups excluding carboxylic acids is 4. The van der Waals surface area contributed by atoms with Crippen molar-refractivity contribution in [2.75, 3.05) is 20.7 Å². The molecule has 13 nitrogen and oxygen atoms in total. The molecule has 12 atom stereocenters. The minimum atomic E-state index is -1.70. The molecule has 3 aliphatic heterocycles. The van der Waals surface area contributed by atoms with E-state index < -0.39 is 83.9 Å². The molecule has 3 rings (SSSR count). The van der Waals surface area contributed by atoms with E-state index in [9.17, 15) is 29.2 Å². The molecule has 3 N–H and O–H groups in total. The van der Waals surface area contributed by atoms with Crippen molar-refractivity contribution >= 4 is 30.7 Å². The Morgan fingerprint density at radius 3 is 2.22 bits per heavy atom. The number of carbonyl (C=O) groups is 4. The quantitative estimate of drug-likeness (QED) is 0.193. The van der Waals surface area contributed by atoms with E-state index >= 15 is 0 Å². The Bertz CT molecular complexity index is 1240. The maximum absolute atomic E-state index is 14.5. The van der Waals surface area contributed by atoms with Crippen molar-refractivity contribution in [2.45, 2.75) is 136 Å². The number of ether oxygens (including phenoxy) is 5. The largest absolute Gasteiger partial charge is 0.480 e. The number of nitrogens with one attached hydrogen (secondary N) is 1. The van der Waals surface area contributed by atoms with Crippen LogP contribution in [0.5, 0.6) is 0 Å². The third-order valence-corrected chi connectivity index (χ3v) is 10.9. The highest BCUT2D eigenvalue weighted by atomic mass is 16.7. The van der Waals surface area contributed by atoms with Crippen LogP contribution in [0.15, 0.2) is 12.1 Å². The summed E-state index contributed by atoms with van der Waals surface area (Å²) in [6.07, 6.45) is -1.06. The highest BCUT2D eigenvalue weighted by Gasteiger charge is 2.58. The summed E-state index contributed by atoms with van der Waals surface area (Å²) < 4.78 is 31.4. The van der Waals surface area contributed by atoms with Crippen LogP contribution in [-0.2, 0) is 38.1 Å². The molecular weight excluding hydrogens is 635 g/mol. The van der Waals surface area contributed by atoms with Crippen molar-refractivity contribution in [3.63, 3.8) is 0 Å². The lowest BCUT2D eigenvalue weighted by molar-refractivity contribution is -0.282. The summed E-state index contributed by atoms with van der Waals surface area (Å²) in [5, 5.41) is 21.6. The summed E-state index contributed by atoms with van der Waals surface area (Å²) in [5.74, 6) is -2.84. The van der Waals surface area contributed by atoms with Gasteiger partial charge in [-0.3, -0.25) is 14.4 Å². The lowest BCUT2D eigenvalue weighted by atomic mass is 9.71. The minimum Gasteiger partial charge on any atom is -0.457 e. The number of esters is 1. The number of hydrogen-bond acceptors (Lipinski definition) is 12. The SMILES string of the molecule is CC[C@H]1OC(=O)C(C)(C)C(=O)[C@H](C)[C@@H](O[C@@H]2O[C@H](C)C[C@H](N(C)C)[C@H]2C)[C@@](C)(OC/C=C/B(O)O)C[C@@H](C)C(=O)[C@H](C)[C@H]2NC(=O)O[C@@]21C. The maximum atomic E-state index is 14.5. The topological polar surface area (TPSA) is 170 Å². The van der Waals surface area contributed by atoms with Crippen molar-refractivity contribution in [2.24, 2.45) is 29.1 Å². The summed E-state index contributed by atoms with van der Waals surface area (Å²) in [6.45, 7) is 17.2. The van der Waals surface area contributed by atoms with Crippen LogP contribution in [0.25, 0.3) is 0 Å². The summed E-state index contributed by atoms with van der Waals surface area (Å²) >= 11 is 0. The number of hydrogen-bond donors (Lipinski definition) is 3. The van der Waals surface area contributed by atoms with Crippen LogP contribution in [0.2, 0.25) is 0 Å². The van der Waals surface area contributed by atoms with Gasteiger partial charge in [-0.15, -0.1) is 0 Å². The van der Waals surface area contributed by atoms with E-state index in [1.165, 1.54) is 19.9 Å². The first kappa shape index (κ1) is 41.1. The zero-order valence-electron chi connectivity index (χ0n) is 31.3. The van der Waals surface area contributed by atoms with Crippen molar-refractivity contribution in [3.8, 4) is 0 Å². The van der Waals surface area contributed by atoms with E-state index in [0.717, 1.165) is 12.4 Å². The fourth-order valence-electron chi connectivity index (χ4n) is 8.05. The number of alkyl carbamates (subject to hydrolysis) is 1. The first-order valence-corrected chi connectivity index (χ1v) is 17.5. The number of Topliss-reactive ketones (excluding diaryl/α,β-unsaturated/α-hetero) is 2. The Hall–Kier alpha value is -2.36. The molecule has 0 radical (unpaired) electrons. The van der Waals surface area contributed by atoms with Gasteiger partial charge >= 0.3 is 19.2 Å². The summed E-state index contributed by atoms with van der Waals surface area (Å²) in [7, 11) is 2.29. The zero-order chi connectivity index (χ0) is 37.2. The van der Waals surface area contributed by atoms with Crippen molar-refractivity contribution < 1.29 is 52.9 Å². The van der Waals surface area contributed by atoms with Gasteiger partial charge in [0.1, 0.15) is 17.3 Å². The van der Waals surface area contributed by atoms with Crippen LogP contribution in [0.4, 0.5) is 4.79 Å². The fourth-order valence-corrected chi connectivity index (χ4v) is 8.05. The van der Waals surface area contributed by atoms with Gasteiger partial charge in [0.25, 0.3) is 0 Å². The van der Waals surface area contributed by atoms with Crippen LogP contribution < -0.4 is 5.32 Å². The van der Waals surface area contributed by atoms with Crippen LogP contribution in [0.1, 0.15) is 88.5 Å². The Morgan fingerprint density at radius 2 is 1.65 bits per heavy atom. The summed E-state index contributed by atoms with van der Waals surface area (Å²) in [5.41, 5.74) is -4.39. The van der Waals surface area contributed by atoms with E-state index in [1.807, 2.05) is 27.9 Å². The molecule has 278 valence electrons. The van der Waals surface area contributed by atoms with Crippen LogP contribution >= 0.6 is 0 Å². The number of ketones is 2. The number of amides is 1. The predicted octanol–water partition coefficient (Wildman–Crippen LogP) is 3.08. The lowest BCUT2D eigenvalue weighted by Crippen LogP contribution is -2.60. The second-order valence-corrected chi connectivity index (χ2v) is 15.5. The molecule has 0 aromatic carbocycles. The highest BCUT2D eigenvalue weighted by molar-refractivity contribution is 6.47. The van der Waals surface area contributed by atoms with E-state index in [1.54, 1.807) is 41.5 Å². The molecule has 3 heterocycles. The molecule has 3 aliphatic rings. The third kappa shape index (κ3) is 8.76. The molecule has 0 saturated carbocycles. The molecule has 3 saturated heterocycles. The van der Waals surface area contributed by atoms with Crippen LogP contribution in [0.3, 0.4) is 0 Å². The molecule has 0 aromatic heterocycles. The molecular formula is C35H59BN2O11. The zero-order valence-corrected chi connectivity index (χ0v) is 31.3. The van der Waals surface area contributed by atoms with Gasteiger partial charge in [0.05, 0.1) is 30.5 Å². The van der Waals surface area contributed by atoms with Crippen molar-refractivity contribution in [1.82, 2.24) is 10.2 Å². The second kappa shape index (κ2) is 15.9. The highest BCUT2D eigenvalue weighted by Crippen LogP contribution is 2.42. The first-order valence-electron chi connectivity index (χ1n) is 17.5. The predicted molar refractivity (Wildman–Crippen MR) is 182 cm³/mol. The molecule has 0 spiro atoms. The fraction of sp³-hybridized carbons (Fsp3) is 0.829. The van der Waals surface area contributed by atoms with Crippen molar-refractivity contribution in [3.05, 3.63) is 12.1 Å². The van der Waals surface area contributed by atoms with Gasteiger partial charge in [0.15, 0.2) is 17.7 Å². The Labute approximate surface area is 291 Å². The summed E-state index contributed by atoms with van der Waals surface area (Å²) in [4.78, 5) is 57.5. The molecule has 1 amide bonds. The molecule has 49 heavy (non-hydrogen) atoms. The van der Waals surface area contributed by atoms with Gasteiger partial charge in [-0.2, -0.15) is 0 Å². The van der Waals surface area contributed by atoms with E-state index in [2.05, 4.69) is 10.2 Å². The van der Waals surface area contributed by atoms with Crippen LogP contribution in [-0.4, -0.2) is 114 Å². The summed E-state index contributed by atoms with van der Waals surface area (Å²) in [6, 6.07) is -0.723. The average molecular weight is 695 g/mol. The Kier molecular flexibility index (Phi) is 13.3. The maximum Gasteiger partial charge on any atom is 0.480 e. The standard InChI is InChI=1S/C35H59BN2O11/c1-13-25-35(10)27(37-32(42)49-35)22(5)26(39)19(2)18-34(9,45-16-14-15-36(43)44)29(23(6)28(40)33(7,8)31(41)47-25)48-30-21(4)24(38(11)12)17-20(3)46-30/h14-15,19-25,27,29-30,43-44H,13,16-18H2,1-12H3,(H,37,42)/b15-14+/t19-,20-,21-,22+,23+,24+,25-,27-,29-,30+,34+,35-/m1/s1. The number of cyclic esters (lactones) is 1. The molecule has 0 aliphatic carbocycles. The second-order valence-electron chi connectivity index (χ2n) is 15.5. The first-order chi connectivity index (χ1) is 22.6. The van der Waals surface area contributed by atoms with Gasteiger partial charge in [-0.05, 0) is 68.0 Å². The number of nitrogens with zero attached hydrogens (tertiary/aromatic N) is 1. The molecule has 3 fully saturated rings. The van der Waals surface area contributed by atoms with Crippen LogP contribution in [0, 0.1) is 29.1 Å². The van der Waals surface area contributed by atoms with Gasteiger partial charge in [-0.1, -0.05) is 46.7 Å². The Morgan fingerprint density at radius 1 is 1.02 bits per heavy atom. The van der Waals surface area contributed by atoms with E-state index in [0.29, 0.717) is 0 Å². The molecule has 0 bridgehead atoms. The Balaban J connectivity index is 2.20. The van der Waals surface area contributed by atoms with Gasteiger partial charge in [0.2, 0.25) is 0 Å². The van der Waals surface area contributed by atoms with Gasteiger partial charge in [0, 0.05) is 29.7 Å². The van der Waals surface area contributed by atoms with E-state index in [4.69, 9.17) is 23.7 Å². The third-order valence-electron chi connectivity index (χ3n) is 10.9. The van der Waals surface area contributed by atoms with Crippen molar-refractivity contribution in [1.29, 1.82) is 0 Å². The minimum absolute atomic E-state index is 0.0854. The average Bonchev–Trinajstić information content (AvgIpc) is 3.33. The van der Waals surface area contributed by atoms with Gasteiger partial charge < -0.3 is 43.9 Å². The molecule has 14 heteroatoms. The smallest absolute Gasteiger partial charge is 0.457 e.